The van der Waals surface area contributed by atoms with Gasteiger partial charge in [-0.1, -0.05) is 40.0 Å². The van der Waals surface area contributed by atoms with Gasteiger partial charge in [-0.25, -0.2) is 0 Å². The Morgan fingerprint density at radius 3 is 2.17 bits per heavy atom. The van der Waals surface area contributed by atoms with Crippen LogP contribution in [-0.2, 0) is 0 Å². The second kappa shape index (κ2) is 4.27. The van der Waals surface area contributed by atoms with Gasteiger partial charge in [-0.15, -0.1) is 0 Å². The minimum atomic E-state index is 0.408. The van der Waals surface area contributed by atoms with Gasteiger partial charge in [0.05, 0.1) is 0 Å². The van der Waals surface area contributed by atoms with Crippen molar-refractivity contribution in [3.63, 3.8) is 0 Å². The maximum absolute atomic E-state index is 6.09. The summed E-state index contributed by atoms with van der Waals surface area (Å²) >= 11 is 0. The number of rotatable bonds is 4. The highest BCUT2D eigenvalue weighted by Crippen LogP contribution is 2.33. The maximum Gasteiger partial charge on any atom is 0.00878 e. The summed E-state index contributed by atoms with van der Waals surface area (Å²) in [4.78, 5) is 0. The molecule has 0 aromatic rings. The highest BCUT2D eigenvalue weighted by Gasteiger charge is 2.24. The smallest absolute Gasteiger partial charge is 0.00878 e. The molecule has 12 heavy (non-hydrogen) atoms. The van der Waals surface area contributed by atoms with Crippen molar-refractivity contribution in [2.24, 2.45) is 23.5 Å². The zero-order chi connectivity index (χ0) is 9.14. The van der Waals surface area contributed by atoms with Crippen LogP contribution in [0.2, 0.25) is 0 Å². The SMILES string of the molecule is CC(C)C(N)C(C)CC1CCC1. The molecule has 72 valence electrons. The Morgan fingerprint density at radius 2 is 1.83 bits per heavy atom. The van der Waals surface area contributed by atoms with Gasteiger partial charge in [0.15, 0.2) is 0 Å². The summed E-state index contributed by atoms with van der Waals surface area (Å²) in [7, 11) is 0. The van der Waals surface area contributed by atoms with E-state index in [4.69, 9.17) is 5.73 Å². The molecule has 0 saturated heterocycles. The molecule has 0 aromatic carbocycles. The van der Waals surface area contributed by atoms with Crippen LogP contribution in [0.3, 0.4) is 0 Å². The van der Waals surface area contributed by atoms with Crippen LogP contribution >= 0.6 is 0 Å². The zero-order valence-electron chi connectivity index (χ0n) is 8.72. The van der Waals surface area contributed by atoms with E-state index in [-0.39, 0.29) is 0 Å². The van der Waals surface area contributed by atoms with Gasteiger partial charge in [0.1, 0.15) is 0 Å². The van der Waals surface area contributed by atoms with Crippen LogP contribution < -0.4 is 5.73 Å². The van der Waals surface area contributed by atoms with E-state index >= 15 is 0 Å². The molecule has 1 nitrogen and oxygen atoms in total. The molecule has 0 radical (unpaired) electrons. The van der Waals surface area contributed by atoms with Crippen molar-refractivity contribution in [3.05, 3.63) is 0 Å². The van der Waals surface area contributed by atoms with E-state index in [0.29, 0.717) is 12.0 Å². The minimum absolute atomic E-state index is 0.408. The summed E-state index contributed by atoms with van der Waals surface area (Å²) in [5.41, 5.74) is 6.09. The highest BCUT2D eigenvalue weighted by atomic mass is 14.7. The van der Waals surface area contributed by atoms with Gasteiger partial charge in [-0.2, -0.15) is 0 Å². The maximum atomic E-state index is 6.09. The van der Waals surface area contributed by atoms with Crippen LogP contribution in [0.4, 0.5) is 0 Å². The molecule has 0 spiro atoms. The summed E-state index contributed by atoms with van der Waals surface area (Å²) in [6.45, 7) is 6.76. The van der Waals surface area contributed by atoms with Crippen molar-refractivity contribution < 1.29 is 0 Å². The monoisotopic (exact) mass is 169 g/mol. The van der Waals surface area contributed by atoms with Crippen molar-refractivity contribution >= 4 is 0 Å². The molecule has 2 N–H and O–H groups in total. The van der Waals surface area contributed by atoms with Crippen LogP contribution in [0.1, 0.15) is 46.5 Å². The second-order valence-electron chi connectivity index (χ2n) is 4.83. The Hall–Kier alpha value is -0.0400. The van der Waals surface area contributed by atoms with E-state index in [1.54, 1.807) is 0 Å². The molecule has 1 aliphatic carbocycles. The molecule has 2 unspecified atom stereocenters. The largest absolute Gasteiger partial charge is 0.327 e. The average Bonchev–Trinajstić information content (AvgIpc) is 1.94. The summed E-state index contributed by atoms with van der Waals surface area (Å²) in [6.07, 6.45) is 5.72. The lowest BCUT2D eigenvalue weighted by Gasteiger charge is -2.31. The molecule has 2 atom stereocenters. The Balaban J connectivity index is 2.21. The first-order valence-electron chi connectivity index (χ1n) is 5.37. The lowest BCUT2D eigenvalue weighted by atomic mass is 9.76. The predicted octanol–water partition coefficient (Wildman–Crippen LogP) is 2.80. The summed E-state index contributed by atoms with van der Waals surface area (Å²) in [5.74, 6) is 2.36. The Kier molecular flexibility index (Phi) is 3.57. The minimum Gasteiger partial charge on any atom is -0.327 e. The van der Waals surface area contributed by atoms with Crippen LogP contribution in [0.5, 0.6) is 0 Å². The zero-order valence-corrected chi connectivity index (χ0v) is 8.72. The highest BCUT2D eigenvalue weighted by molar-refractivity contribution is 4.78. The Morgan fingerprint density at radius 1 is 1.25 bits per heavy atom. The summed E-state index contributed by atoms with van der Waals surface area (Å²) in [5, 5.41) is 0. The van der Waals surface area contributed by atoms with Crippen molar-refractivity contribution in [2.75, 3.05) is 0 Å². The van der Waals surface area contributed by atoms with Gasteiger partial charge >= 0.3 is 0 Å². The molecule has 1 fully saturated rings. The van der Waals surface area contributed by atoms with Gasteiger partial charge in [0.2, 0.25) is 0 Å². The Bertz CT molecular complexity index is 127. The predicted molar refractivity (Wildman–Crippen MR) is 53.9 cm³/mol. The third-order valence-electron chi connectivity index (χ3n) is 3.36. The van der Waals surface area contributed by atoms with E-state index < -0.39 is 0 Å². The molecule has 1 rings (SSSR count). The standard InChI is InChI=1S/C11H23N/c1-8(2)11(12)9(3)7-10-5-4-6-10/h8-11H,4-7,12H2,1-3H3. The third kappa shape index (κ3) is 2.48. The summed E-state index contributed by atoms with van der Waals surface area (Å²) < 4.78 is 0. The molecular formula is C11H23N. The fraction of sp³-hybridized carbons (Fsp3) is 1.00. The van der Waals surface area contributed by atoms with Gasteiger partial charge in [0.25, 0.3) is 0 Å². The van der Waals surface area contributed by atoms with Gasteiger partial charge in [0, 0.05) is 6.04 Å². The van der Waals surface area contributed by atoms with E-state index in [2.05, 4.69) is 20.8 Å². The van der Waals surface area contributed by atoms with Gasteiger partial charge in [-0.05, 0) is 24.2 Å². The molecule has 0 amide bonds. The average molecular weight is 169 g/mol. The van der Waals surface area contributed by atoms with Gasteiger partial charge < -0.3 is 5.73 Å². The van der Waals surface area contributed by atoms with Crippen molar-refractivity contribution in [3.8, 4) is 0 Å². The van der Waals surface area contributed by atoms with E-state index in [1.165, 1.54) is 25.7 Å². The number of hydrogen-bond acceptors (Lipinski definition) is 1. The molecule has 1 aliphatic rings. The molecular weight excluding hydrogens is 146 g/mol. The molecule has 1 saturated carbocycles. The Labute approximate surface area is 76.7 Å². The van der Waals surface area contributed by atoms with Crippen LogP contribution in [0.25, 0.3) is 0 Å². The quantitative estimate of drug-likeness (QED) is 0.688. The number of hydrogen-bond donors (Lipinski definition) is 1. The van der Waals surface area contributed by atoms with E-state index in [9.17, 15) is 0 Å². The lowest BCUT2D eigenvalue weighted by Crippen LogP contribution is -2.35. The molecule has 0 aromatic heterocycles. The van der Waals surface area contributed by atoms with Gasteiger partial charge in [-0.3, -0.25) is 0 Å². The molecule has 0 aliphatic heterocycles. The van der Waals surface area contributed by atoms with E-state index in [1.807, 2.05) is 0 Å². The van der Waals surface area contributed by atoms with Crippen molar-refractivity contribution in [2.45, 2.75) is 52.5 Å². The topological polar surface area (TPSA) is 26.0 Å². The fourth-order valence-corrected chi connectivity index (χ4v) is 2.07. The number of nitrogens with two attached hydrogens (primary N) is 1. The molecule has 0 bridgehead atoms. The summed E-state index contributed by atoms with van der Waals surface area (Å²) in [6, 6.07) is 0.408. The third-order valence-corrected chi connectivity index (χ3v) is 3.36. The first-order chi connectivity index (χ1) is 5.61. The fourth-order valence-electron chi connectivity index (χ4n) is 2.07. The normalized spacial score (nSPS) is 23.8. The van der Waals surface area contributed by atoms with Crippen molar-refractivity contribution in [1.29, 1.82) is 0 Å². The lowest BCUT2D eigenvalue weighted by molar-refractivity contribution is 0.223. The van der Waals surface area contributed by atoms with Crippen molar-refractivity contribution in [1.82, 2.24) is 0 Å². The first-order valence-corrected chi connectivity index (χ1v) is 5.37. The van der Waals surface area contributed by atoms with E-state index in [0.717, 1.165) is 11.8 Å². The molecule has 1 heteroatoms. The molecule has 0 heterocycles. The van der Waals surface area contributed by atoms with Crippen LogP contribution in [0.15, 0.2) is 0 Å². The second-order valence-corrected chi connectivity index (χ2v) is 4.83. The van der Waals surface area contributed by atoms with Crippen LogP contribution in [-0.4, -0.2) is 6.04 Å². The first kappa shape index (κ1) is 10.0. The van der Waals surface area contributed by atoms with Crippen LogP contribution in [0, 0.1) is 17.8 Å².